The molecule has 0 bridgehead atoms. The van der Waals surface area contributed by atoms with E-state index in [1.165, 1.54) is 10.9 Å². The molecule has 0 saturated carbocycles. The molecule has 1 aromatic heterocycles. The van der Waals surface area contributed by atoms with Gasteiger partial charge in [-0.25, -0.2) is 4.68 Å². The fraction of sp³-hybridized carbons (Fsp3) is 0.333. The first kappa shape index (κ1) is 15.2. The highest BCUT2D eigenvalue weighted by Gasteiger charge is 2.22. The molecule has 1 aromatic carbocycles. The smallest absolute Gasteiger partial charge is 0.231 e. The summed E-state index contributed by atoms with van der Waals surface area (Å²) in [4.78, 5) is 13.1. The van der Waals surface area contributed by atoms with Crippen LogP contribution in [0.5, 0.6) is 11.6 Å². The molecule has 1 unspecified atom stereocenters. The summed E-state index contributed by atoms with van der Waals surface area (Å²) >= 11 is 7.34. The molecule has 0 radical (unpaired) electrons. The lowest BCUT2D eigenvalue weighted by atomic mass is 10.1. The summed E-state index contributed by atoms with van der Waals surface area (Å²) in [5.74, 6) is 0.668. The number of alkyl halides is 1. The lowest BCUT2D eigenvalue weighted by Crippen LogP contribution is -2.10. The number of carbonyl (C=O) groups is 1. The first-order valence-corrected chi connectivity index (χ1v) is 8.23. The van der Waals surface area contributed by atoms with Crippen LogP contribution in [0.4, 0.5) is 0 Å². The maximum absolute atomic E-state index is 12.3. The zero-order valence-corrected chi connectivity index (χ0v) is 13.5. The van der Waals surface area contributed by atoms with Gasteiger partial charge in [0.1, 0.15) is 11.3 Å². The van der Waals surface area contributed by atoms with E-state index in [4.69, 9.17) is 16.3 Å². The fourth-order valence-corrected chi connectivity index (χ4v) is 3.36. The minimum absolute atomic E-state index is 0.100. The molecule has 0 aliphatic carbocycles. The highest BCUT2D eigenvalue weighted by Crippen LogP contribution is 2.39. The third kappa shape index (κ3) is 2.80. The van der Waals surface area contributed by atoms with E-state index in [1.54, 1.807) is 0 Å². The Morgan fingerprint density at radius 2 is 2.41 bits per heavy atom. The Morgan fingerprint density at radius 1 is 1.59 bits per heavy atom. The molecule has 1 N–H and O–H groups in total. The minimum Gasteiger partial charge on any atom is -0.493 e. The van der Waals surface area contributed by atoms with Crippen molar-refractivity contribution < 1.29 is 14.6 Å². The number of ether oxygens (including phenoxy) is 1. The van der Waals surface area contributed by atoms with E-state index in [1.807, 2.05) is 25.1 Å². The number of hydrogen-bond acceptors (Lipinski definition) is 5. The molecular formula is C15H15ClN2O3S. The van der Waals surface area contributed by atoms with Crippen LogP contribution in [0.25, 0.3) is 0 Å². The van der Waals surface area contributed by atoms with Crippen LogP contribution in [0.3, 0.4) is 0 Å². The molecule has 5 nitrogen and oxygen atoms in total. The van der Waals surface area contributed by atoms with Gasteiger partial charge in [-0.2, -0.15) is 5.10 Å². The Bertz CT molecular complexity index is 717. The number of aromatic hydroxyl groups is 1. The Balaban J connectivity index is 1.82. The highest BCUT2D eigenvalue weighted by molar-refractivity contribution is 8.14. The predicted octanol–water partition coefficient (Wildman–Crippen LogP) is 3.60. The molecular weight excluding hydrogens is 324 g/mol. The van der Waals surface area contributed by atoms with Gasteiger partial charge in [0.15, 0.2) is 0 Å². The van der Waals surface area contributed by atoms with Crippen molar-refractivity contribution in [3.05, 3.63) is 35.5 Å². The zero-order valence-electron chi connectivity index (χ0n) is 12.0. The second-order valence-electron chi connectivity index (χ2n) is 4.89. The topological polar surface area (TPSA) is 64.4 Å². The number of fused-ring (bicyclic) bond motifs is 1. The number of aromatic nitrogens is 2. The van der Waals surface area contributed by atoms with E-state index in [-0.39, 0.29) is 21.9 Å². The summed E-state index contributed by atoms with van der Waals surface area (Å²) < 4.78 is 6.92. The van der Waals surface area contributed by atoms with Crippen LogP contribution in [-0.4, -0.2) is 26.6 Å². The third-order valence-electron chi connectivity index (χ3n) is 3.49. The number of hydrogen-bond donors (Lipinski definition) is 1. The highest BCUT2D eigenvalue weighted by atomic mass is 35.5. The summed E-state index contributed by atoms with van der Waals surface area (Å²) in [6.07, 6.45) is 2.14. The molecule has 2 heterocycles. The second kappa shape index (κ2) is 6.22. The second-order valence-corrected chi connectivity index (χ2v) is 6.46. The fourth-order valence-electron chi connectivity index (χ4n) is 2.31. The average molecular weight is 339 g/mol. The van der Waals surface area contributed by atoms with Crippen LogP contribution in [0.2, 0.25) is 0 Å². The molecule has 22 heavy (non-hydrogen) atoms. The number of nitrogens with zero attached hydrogens (tertiary/aromatic N) is 2. The van der Waals surface area contributed by atoms with Crippen molar-refractivity contribution in [1.82, 2.24) is 9.78 Å². The Labute approximate surface area is 137 Å². The molecule has 3 rings (SSSR count). The van der Waals surface area contributed by atoms with Gasteiger partial charge in [-0.1, -0.05) is 0 Å². The molecule has 0 spiro atoms. The quantitative estimate of drug-likeness (QED) is 0.684. The predicted molar refractivity (Wildman–Crippen MR) is 84.9 cm³/mol. The summed E-state index contributed by atoms with van der Waals surface area (Å²) in [5, 5.41) is 13.6. The molecule has 1 aliphatic rings. The van der Waals surface area contributed by atoms with E-state index in [0.717, 1.165) is 34.4 Å². The van der Waals surface area contributed by atoms with Gasteiger partial charge in [0.25, 0.3) is 0 Å². The molecule has 116 valence electrons. The first-order chi connectivity index (χ1) is 10.6. The van der Waals surface area contributed by atoms with E-state index >= 15 is 0 Å². The van der Waals surface area contributed by atoms with Gasteiger partial charge in [-0.15, -0.1) is 11.6 Å². The normalized spacial score (nSPS) is 16.9. The van der Waals surface area contributed by atoms with E-state index < -0.39 is 0 Å². The van der Waals surface area contributed by atoms with Crippen molar-refractivity contribution in [2.24, 2.45) is 0 Å². The lowest BCUT2D eigenvalue weighted by Gasteiger charge is -2.21. The number of rotatable bonds is 3. The molecule has 1 atom stereocenters. The monoisotopic (exact) mass is 338 g/mol. The van der Waals surface area contributed by atoms with Crippen molar-refractivity contribution in [3.8, 4) is 11.6 Å². The number of thioether (sulfide) groups is 1. The Kier molecular flexibility index (Phi) is 4.31. The molecule has 7 heteroatoms. The molecule has 2 aromatic rings. The number of halogens is 1. The first-order valence-electron chi connectivity index (χ1n) is 6.98. The minimum atomic E-state index is -0.250. The maximum Gasteiger partial charge on any atom is 0.231 e. The van der Waals surface area contributed by atoms with Crippen molar-refractivity contribution in [3.63, 3.8) is 0 Å². The van der Waals surface area contributed by atoms with Crippen LogP contribution in [0.15, 0.2) is 29.3 Å². The number of carbonyl (C=O) groups excluding carboxylic acids is 1. The maximum atomic E-state index is 12.3. The van der Waals surface area contributed by atoms with Crippen LogP contribution < -0.4 is 4.74 Å². The van der Waals surface area contributed by atoms with Gasteiger partial charge < -0.3 is 9.84 Å². The van der Waals surface area contributed by atoms with E-state index in [9.17, 15) is 9.90 Å². The Hall–Kier alpha value is -1.66. The van der Waals surface area contributed by atoms with Gasteiger partial charge >= 0.3 is 0 Å². The van der Waals surface area contributed by atoms with E-state index in [0.29, 0.717) is 13.2 Å². The van der Waals surface area contributed by atoms with Crippen LogP contribution in [0.1, 0.15) is 34.6 Å². The Morgan fingerprint density at radius 3 is 3.14 bits per heavy atom. The van der Waals surface area contributed by atoms with E-state index in [2.05, 4.69) is 5.10 Å². The van der Waals surface area contributed by atoms with Crippen LogP contribution in [-0.2, 0) is 6.54 Å². The average Bonchev–Trinajstić information content (AvgIpc) is 2.89. The molecule has 1 aliphatic heterocycles. The molecule has 0 fully saturated rings. The van der Waals surface area contributed by atoms with Gasteiger partial charge in [-0.05, 0) is 36.9 Å². The van der Waals surface area contributed by atoms with Gasteiger partial charge in [0.2, 0.25) is 11.0 Å². The SMILES string of the molecule is CCn1ncc(C(=O)Sc2ccc3c(c2)C(Cl)CCO3)c1O. The number of aryl methyl sites for hydroxylation is 1. The number of benzene rings is 1. The van der Waals surface area contributed by atoms with Crippen LogP contribution >= 0.6 is 23.4 Å². The van der Waals surface area contributed by atoms with Crippen molar-refractivity contribution in [2.45, 2.75) is 30.2 Å². The van der Waals surface area contributed by atoms with Crippen molar-refractivity contribution in [1.29, 1.82) is 0 Å². The zero-order chi connectivity index (χ0) is 15.7. The van der Waals surface area contributed by atoms with Gasteiger partial charge in [-0.3, -0.25) is 4.79 Å². The summed E-state index contributed by atoms with van der Waals surface area (Å²) in [7, 11) is 0. The van der Waals surface area contributed by atoms with Gasteiger partial charge in [0.05, 0.1) is 18.2 Å². The van der Waals surface area contributed by atoms with Crippen molar-refractivity contribution >= 4 is 28.5 Å². The molecule has 0 saturated heterocycles. The van der Waals surface area contributed by atoms with Gasteiger partial charge in [0, 0.05) is 23.4 Å². The lowest BCUT2D eigenvalue weighted by molar-refractivity contribution is 0.108. The standard InChI is InChI=1S/C15H15ClN2O3S/c1-2-18-14(19)11(8-17-18)15(20)22-9-3-4-13-10(7-9)12(16)5-6-21-13/h3-4,7-8,12,19H,2,5-6H2,1H3. The van der Waals surface area contributed by atoms with Crippen LogP contribution in [0, 0.1) is 0 Å². The third-order valence-corrected chi connectivity index (χ3v) is 4.84. The largest absolute Gasteiger partial charge is 0.493 e. The van der Waals surface area contributed by atoms with Crippen molar-refractivity contribution in [2.75, 3.05) is 6.61 Å². The molecule has 0 amide bonds. The summed E-state index contributed by atoms with van der Waals surface area (Å²) in [5.41, 5.74) is 1.11. The summed E-state index contributed by atoms with van der Waals surface area (Å²) in [6, 6.07) is 5.52. The summed E-state index contributed by atoms with van der Waals surface area (Å²) in [6.45, 7) is 2.96.